The maximum Gasteiger partial charge on any atom is 0.407 e. The largest absolute Gasteiger partial charge is 0.444 e. The topological polar surface area (TPSA) is 86.5 Å². The number of carbonyl (C=O) groups excluding carboxylic acids is 2. The normalized spacial score (nSPS) is 17.3. The Bertz CT molecular complexity index is 1130. The van der Waals surface area contributed by atoms with E-state index in [2.05, 4.69) is 26.6 Å². The molecule has 3 aromatic rings. The highest BCUT2D eigenvalue weighted by Gasteiger charge is 2.33. The van der Waals surface area contributed by atoms with Gasteiger partial charge in [-0.15, -0.1) is 0 Å². The van der Waals surface area contributed by atoms with Gasteiger partial charge in [-0.2, -0.15) is 0 Å². The minimum atomic E-state index is -0.606. The molecule has 1 aromatic heterocycles. The summed E-state index contributed by atoms with van der Waals surface area (Å²) in [7, 11) is 1.96. The van der Waals surface area contributed by atoms with Crippen molar-refractivity contribution in [2.24, 2.45) is 0 Å². The first-order valence-corrected chi connectivity index (χ1v) is 10.9. The molecule has 0 saturated heterocycles. The third-order valence-electron chi connectivity index (χ3n) is 5.78. The van der Waals surface area contributed by atoms with Gasteiger partial charge in [0.2, 0.25) is 0 Å². The van der Waals surface area contributed by atoms with Gasteiger partial charge in [0.25, 0.3) is 5.91 Å². The quantitative estimate of drug-likeness (QED) is 0.582. The van der Waals surface area contributed by atoms with Crippen molar-refractivity contribution in [3.63, 3.8) is 0 Å². The number of anilines is 1. The van der Waals surface area contributed by atoms with Crippen molar-refractivity contribution in [1.29, 1.82) is 0 Å². The number of benzene rings is 2. The predicted molar refractivity (Wildman–Crippen MR) is 126 cm³/mol. The van der Waals surface area contributed by atoms with E-state index in [4.69, 9.17) is 4.74 Å². The van der Waals surface area contributed by atoms with Gasteiger partial charge in [0, 0.05) is 36.4 Å². The number of ether oxygens (including phenoxy) is 1. The third kappa shape index (κ3) is 4.56. The number of aromatic amines is 1. The molecule has 32 heavy (non-hydrogen) atoms. The minimum absolute atomic E-state index is 0.113. The van der Waals surface area contributed by atoms with Crippen LogP contribution in [0.2, 0.25) is 0 Å². The first-order valence-electron chi connectivity index (χ1n) is 10.9. The fourth-order valence-corrected chi connectivity index (χ4v) is 4.27. The molecule has 2 heterocycles. The SMILES string of the molecule is CN1c2ccccc2C(=O)NC[C@@H]1[C@H](Cc1c[nH]c2ccccc12)NC(=O)OC(C)(C)C. The number of likely N-dealkylation sites (N-methyl/N-ethyl adjacent to an activating group) is 1. The van der Waals surface area contributed by atoms with Gasteiger partial charge in [0.1, 0.15) is 5.60 Å². The molecule has 4 rings (SSSR count). The Labute approximate surface area is 188 Å². The van der Waals surface area contributed by atoms with Gasteiger partial charge >= 0.3 is 6.09 Å². The zero-order valence-corrected chi connectivity index (χ0v) is 18.9. The molecule has 1 aliphatic rings. The third-order valence-corrected chi connectivity index (χ3v) is 5.78. The number of hydrogen-bond acceptors (Lipinski definition) is 4. The molecule has 1 aliphatic heterocycles. The van der Waals surface area contributed by atoms with Crippen molar-refractivity contribution >= 4 is 28.6 Å². The zero-order chi connectivity index (χ0) is 22.9. The number of hydrogen-bond donors (Lipinski definition) is 3. The summed E-state index contributed by atoms with van der Waals surface area (Å²) >= 11 is 0. The van der Waals surface area contributed by atoms with Gasteiger partial charge in [0.05, 0.1) is 17.6 Å². The zero-order valence-electron chi connectivity index (χ0n) is 18.9. The van der Waals surface area contributed by atoms with Gasteiger partial charge in [-0.3, -0.25) is 4.79 Å². The van der Waals surface area contributed by atoms with Gasteiger partial charge in [-0.1, -0.05) is 30.3 Å². The molecule has 0 radical (unpaired) electrons. The fraction of sp³-hybridized carbons (Fsp3) is 0.360. The Morgan fingerprint density at radius 1 is 1.19 bits per heavy atom. The average Bonchev–Trinajstić information content (AvgIpc) is 3.09. The molecule has 168 valence electrons. The Hall–Kier alpha value is -3.48. The molecule has 0 spiro atoms. The molecule has 0 saturated carbocycles. The summed E-state index contributed by atoms with van der Waals surface area (Å²) in [6, 6.07) is 15.1. The minimum Gasteiger partial charge on any atom is -0.444 e. The summed E-state index contributed by atoms with van der Waals surface area (Å²) in [6.07, 6.45) is 2.09. The maximum absolute atomic E-state index is 12.8. The van der Waals surface area contributed by atoms with Gasteiger partial charge in [0.15, 0.2) is 0 Å². The standard InChI is InChI=1S/C25H30N4O3/c1-25(2,3)32-24(31)28-20(13-16-14-26-19-11-7-5-9-17(16)19)22-15-27-23(30)18-10-6-8-12-21(18)29(22)4/h5-12,14,20,22,26H,13,15H2,1-4H3,(H,27,30)(H,28,31)/t20-,22+/m0/s1. The Balaban J connectivity index is 1.68. The molecular formula is C25H30N4O3. The number of nitrogens with one attached hydrogen (secondary N) is 3. The van der Waals surface area contributed by atoms with Crippen molar-refractivity contribution in [3.05, 3.63) is 65.9 Å². The first-order chi connectivity index (χ1) is 15.2. The molecule has 0 fully saturated rings. The second-order valence-corrected chi connectivity index (χ2v) is 9.22. The molecule has 2 aromatic carbocycles. The van der Waals surface area contributed by atoms with E-state index in [0.29, 0.717) is 18.5 Å². The monoisotopic (exact) mass is 434 g/mol. The molecule has 0 aliphatic carbocycles. The smallest absolute Gasteiger partial charge is 0.407 e. The lowest BCUT2D eigenvalue weighted by atomic mass is 9.97. The van der Waals surface area contributed by atoms with Crippen LogP contribution in [0.3, 0.4) is 0 Å². The highest BCUT2D eigenvalue weighted by molar-refractivity contribution is 6.00. The number of carbonyl (C=O) groups is 2. The van der Waals surface area contributed by atoms with E-state index in [1.54, 1.807) is 0 Å². The number of amides is 2. The number of fused-ring (bicyclic) bond motifs is 2. The van der Waals surface area contributed by atoms with Crippen LogP contribution in [0.15, 0.2) is 54.7 Å². The van der Waals surface area contributed by atoms with Crippen LogP contribution in [-0.2, 0) is 11.2 Å². The number of H-pyrrole nitrogens is 1. The van der Waals surface area contributed by atoms with Crippen molar-refractivity contribution < 1.29 is 14.3 Å². The molecule has 7 nitrogen and oxygen atoms in total. The Kier molecular flexibility index (Phi) is 5.82. The molecular weight excluding hydrogens is 404 g/mol. The number of aromatic nitrogens is 1. The lowest BCUT2D eigenvalue weighted by Crippen LogP contribution is -2.56. The summed E-state index contributed by atoms with van der Waals surface area (Å²) in [5.41, 5.74) is 3.00. The molecule has 2 amide bonds. The van der Waals surface area contributed by atoms with Crippen LogP contribution in [0.25, 0.3) is 10.9 Å². The van der Waals surface area contributed by atoms with Crippen LogP contribution < -0.4 is 15.5 Å². The number of alkyl carbamates (subject to hydrolysis) is 1. The second kappa shape index (κ2) is 8.57. The lowest BCUT2D eigenvalue weighted by molar-refractivity contribution is 0.0496. The van der Waals surface area contributed by atoms with E-state index in [9.17, 15) is 9.59 Å². The van der Waals surface area contributed by atoms with Crippen LogP contribution in [0.5, 0.6) is 0 Å². The molecule has 7 heteroatoms. The van der Waals surface area contributed by atoms with E-state index < -0.39 is 11.7 Å². The number of para-hydroxylation sites is 2. The van der Waals surface area contributed by atoms with Crippen molar-refractivity contribution in [3.8, 4) is 0 Å². The van der Waals surface area contributed by atoms with Crippen LogP contribution in [0.1, 0.15) is 36.7 Å². The molecule has 2 atom stereocenters. The molecule has 0 bridgehead atoms. The summed E-state index contributed by atoms with van der Waals surface area (Å²) in [5.74, 6) is -0.113. The fourth-order valence-electron chi connectivity index (χ4n) is 4.27. The van der Waals surface area contributed by atoms with Crippen molar-refractivity contribution in [1.82, 2.24) is 15.6 Å². The maximum atomic E-state index is 12.8. The van der Waals surface area contributed by atoms with E-state index in [0.717, 1.165) is 22.2 Å². The summed E-state index contributed by atoms with van der Waals surface area (Å²) < 4.78 is 5.56. The molecule has 3 N–H and O–H groups in total. The number of rotatable bonds is 4. The first kappa shape index (κ1) is 21.7. The second-order valence-electron chi connectivity index (χ2n) is 9.22. The van der Waals surface area contributed by atoms with Crippen molar-refractivity contribution in [2.75, 3.05) is 18.5 Å². The Morgan fingerprint density at radius 3 is 2.69 bits per heavy atom. The van der Waals surface area contributed by atoms with E-state index in [1.165, 1.54) is 0 Å². The predicted octanol–water partition coefficient (Wildman–Crippen LogP) is 3.85. The van der Waals surface area contributed by atoms with E-state index in [-0.39, 0.29) is 18.0 Å². The van der Waals surface area contributed by atoms with Gasteiger partial charge in [-0.25, -0.2) is 4.79 Å². The Morgan fingerprint density at radius 2 is 1.91 bits per heavy atom. The highest BCUT2D eigenvalue weighted by atomic mass is 16.6. The van der Waals surface area contributed by atoms with Crippen LogP contribution in [0, 0.1) is 0 Å². The van der Waals surface area contributed by atoms with Crippen LogP contribution in [-0.4, -0.2) is 48.3 Å². The lowest BCUT2D eigenvalue weighted by Gasteiger charge is -2.35. The molecule has 0 unspecified atom stereocenters. The van der Waals surface area contributed by atoms with Crippen molar-refractivity contribution in [2.45, 2.75) is 44.9 Å². The summed E-state index contributed by atoms with van der Waals surface area (Å²) in [5, 5.41) is 7.22. The van der Waals surface area contributed by atoms with Crippen LogP contribution >= 0.6 is 0 Å². The van der Waals surface area contributed by atoms with Gasteiger partial charge < -0.3 is 25.3 Å². The number of nitrogens with zero attached hydrogens (tertiary/aromatic N) is 1. The summed E-state index contributed by atoms with van der Waals surface area (Å²) in [6.45, 7) is 5.92. The summed E-state index contributed by atoms with van der Waals surface area (Å²) in [4.78, 5) is 30.8. The van der Waals surface area contributed by atoms with E-state index >= 15 is 0 Å². The van der Waals surface area contributed by atoms with E-state index in [1.807, 2.05) is 76.5 Å². The average molecular weight is 435 g/mol. The van der Waals surface area contributed by atoms with Gasteiger partial charge in [-0.05, 0) is 51.0 Å². The highest BCUT2D eigenvalue weighted by Crippen LogP contribution is 2.27. The van der Waals surface area contributed by atoms with Crippen LogP contribution in [0.4, 0.5) is 10.5 Å².